The molecule has 0 fully saturated rings. The lowest BCUT2D eigenvalue weighted by Crippen LogP contribution is -2.14. The maximum Gasteiger partial charge on any atom is 0.338 e. The van der Waals surface area contributed by atoms with Crippen LogP contribution in [0.4, 0.5) is 5.69 Å². The zero-order chi connectivity index (χ0) is 14.0. The fourth-order valence-corrected chi connectivity index (χ4v) is 3.14. The summed E-state index contributed by atoms with van der Waals surface area (Å²) in [6.07, 6.45) is 0. The van der Waals surface area contributed by atoms with E-state index in [0.717, 1.165) is 0 Å². The average Bonchev–Trinajstić information content (AvgIpc) is 2.75. The lowest BCUT2D eigenvalue weighted by Gasteiger charge is -2.10. The Labute approximate surface area is 122 Å². The van der Waals surface area contributed by atoms with E-state index in [1.54, 1.807) is 36.6 Å². The smallest absolute Gasteiger partial charge is 0.338 e. The number of rotatable bonds is 3. The van der Waals surface area contributed by atoms with Crippen LogP contribution in [0.3, 0.4) is 0 Å². The molecule has 0 spiro atoms. The van der Waals surface area contributed by atoms with Crippen molar-refractivity contribution < 1.29 is 14.7 Å². The van der Waals surface area contributed by atoms with Crippen molar-refractivity contribution in [2.75, 3.05) is 5.32 Å². The molecule has 0 unspecified atom stereocenters. The molecule has 2 rings (SSSR count). The van der Waals surface area contributed by atoms with Crippen LogP contribution >= 0.6 is 27.3 Å². The highest BCUT2D eigenvalue weighted by molar-refractivity contribution is 9.10. The first-order valence-corrected chi connectivity index (χ1v) is 7.05. The van der Waals surface area contributed by atoms with Crippen molar-refractivity contribution in [2.45, 2.75) is 6.92 Å². The number of carbonyl (C=O) groups is 2. The van der Waals surface area contributed by atoms with E-state index in [9.17, 15) is 14.7 Å². The summed E-state index contributed by atoms with van der Waals surface area (Å²) in [5.74, 6) is -1.38. The SMILES string of the molecule is Cc1cccc(NC(=O)c2sccc2Br)c1C(=O)O. The van der Waals surface area contributed by atoms with E-state index < -0.39 is 5.97 Å². The van der Waals surface area contributed by atoms with E-state index in [2.05, 4.69) is 21.2 Å². The summed E-state index contributed by atoms with van der Waals surface area (Å²) in [5.41, 5.74) is 1.02. The highest BCUT2D eigenvalue weighted by Crippen LogP contribution is 2.25. The second-order valence-corrected chi connectivity index (χ2v) is 5.62. The van der Waals surface area contributed by atoms with Crippen molar-refractivity contribution in [1.29, 1.82) is 0 Å². The van der Waals surface area contributed by atoms with Crippen molar-refractivity contribution in [3.05, 3.63) is 50.1 Å². The molecular weight excluding hydrogens is 330 g/mol. The third-order valence-corrected chi connectivity index (χ3v) is 4.39. The molecule has 0 atom stereocenters. The second-order valence-electron chi connectivity index (χ2n) is 3.85. The average molecular weight is 340 g/mol. The van der Waals surface area contributed by atoms with Gasteiger partial charge in [-0.15, -0.1) is 11.3 Å². The molecule has 0 aliphatic rings. The number of carbonyl (C=O) groups excluding carboxylic acids is 1. The van der Waals surface area contributed by atoms with Crippen LogP contribution in [0, 0.1) is 6.92 Å². The Balaban J connectivity index is 2.35. The molecule has 0 saturated carbocycles. The summed E-state index contributed by atoms with van der Waals surface area (Å²) >= 11 is 4.56. The predicted molar refractivity (Wildman–Crippen MR) is 78.1 cm³/mol. The number of hydrogen-bond acceptors (Lipinski definition) is 3. The van der Waals surface area contributed by atoms with Crippen LogP contribution in [0.2, 0.25) is 0 Å². The van der Waals surface area contributed by atoms with Crippen LogP contribution in [0.15, 0.2) is 34.1 Å². The summed E-state index contributed by atoms with van der Waals surface area (Å²) in [7, 11) is 0. The number of anilines is 1. The number of amides is 1. The van der Waals surface area contributed by atoms with Gasteiger partial charge in [0, 0.05) is 4.47 Å². The molecule has 4 nitrogen and oxygen atoms in total. The van der Waals surface area contributed by atoms with Gasteiger partial charge in [0.15, 0.2) is 0 Å². The minimum absolute atomic E-state index is 0.114. The normalized spacial score (nSPS) is 10.2. The van der Waals surface area contributed by atoms with Gasteiger partial charge in [0.05, 0.1) is 11.3 Å². The lowest BCUT2D eigenvalue weighted by molar-refractivity contribution is 0.0697. The monoisotopic (exact) mass is 339 g/mol. The van der Waals surface area contributed by atoms with Crippen molar-refractivity contribution in [3.8, 4) is 0 Å². The minimum Gasteiger partial charge on any atom is -0.478 e. The van der Waals surface area contributed by atoms with Gasteiger partial charge in [-0.05, 0) is 45.9 Å². The van der Waals surface area contributed by atoms with Crippen molar-refractivity contribution in [3.63, 3.8) is 0 Å². The Morgan fingerprint density at radius 3 is 2.63 bits per heavy atom. The quantitative estimate of drug-likeness (QED) is 0.894. The number of halogens is 1. The molecule has 0 radical (unpaired) electrons. The summed E-state index contributed by atoms with van der Waals surface area (Å²) in [4.78, 5) is 23.8. The molecule has 0 saturated heterocycles. The van der Waals surface area contributed by atoms with E-state index in [1.807, 2.05) is 0 Å². The first-order valence-electron chi connectivity index (χ1n) is 5.38. The first-order chi connectivity index (χ1) is 9.00. The summed E-state index contributed by atoms with van der Waals surface area (Å²) in [6, 6.07) is 6.75. The molecule has 2 N–H and O–H groups in total. The standard InChI is InChI=1S/C13H10BrNO3S/c1-7-3-2-4-9(10(7)13(17)18)15-12(16)11-8(14)5-6-19-11/h2-6H,1H3,(H,15,16)(H,17,18). The predicted octanol–water partition coefficient (Wildman–Crippen LogP) is 3.77. The molecule has 6 heteroatoms. The number of aryl methyl sites for hydroxylation is 1. The zero-order valence-corrected chi connectivity index (χ0v) is 12.3. The van der Waals surface area contributed by atoms with Crippen LogP contribution in [-0.2, 0) is 0 Å². The molecule has 1 aromatic heterocycles. The van der Waals surface area contributed by atoms with Gasteiger partial charge in [-0.3, -0.25) is 4.79 Å². The number of carboxylic acid groups (broad SMARTS) is 1. The van der Waals surface area contributed by atoms with Gasteiger partial charge in [-0.1, -0.05) is 12.1 Å². The molecule has 1 heterocycles. The van der Waals surface area contributed by atoms with Crippen LogP contribution in [0.1, 0.15) is 25.6 Å². The molecule has 98 valence electrons. The highest BCUT2D eigenvalue weighted by atomic mass is 79.9. The maximum atomic E-state index is 12.1. The molecular formula is C13H10BrNO3S. The van der Waals surface area contributed by atoms with Gasteiger partial charge < -0.3 is 10.4 Å². The molecule has 19 heavy (non-hydrogen) atoms. The van der Waals surface area contributed by atoms with E-state index >= 15 is 0 Å². The first kappa shape index (κ1) is 13.8. The van der Waals surface area contributed by atoms with Crippen molar-refractivity contribution in [1.82, 2.24) is 0 Å². The fourth-order valence-electron chi connectivity index (χ4n) is 1.69. The number of hydrogen-bond donors (Lipinski definition) is 2. The second kappa shape index (κ2) is 5.54. The largest absolute Gasteiger partial charge is 0.478 e. The number of carboxylic acids is 1. The fraction of sp³-hybridized carbons (Fsp3) is 0.0769. The van der Waals surface area contributed by atoms with Gasteiger partial charge in [-0.2, -0.15) is 0 Å². The molecule has 1 amide bonds. The summed E-state index contributed by atoms with van der Waals surface area (Å²) in [6.45, 7) is 1.69. The minimum atomic E-state index is -1.06. The third-order valence-electron chi connectivity index (χ3n) is 2.56. The zero-order valence-electron chi connectivity index (χ0n) is 9.94. The maximum absolute atomic E-state index is 12.1. The Kier molecular flexibility index (Phi) is 4.01. The number of nitrogens with one attached hydrogen (secondary N) is 1. The Hall–Kier alpha value is -1.66. The number of aromatic carboxylic acids is 1. The van der Waals surface area contributed by atoms with E-state index in [-0.39, 0.29) is 11.5 Å². The summed E-state index contributed by atoms with van der Waals surface area (Å²) < 4.78 is 0.694. The molecule has 0 bridgehead atoms. The van der Waals surface area contributed by atoms with E-state index in [0.29, 0.717) is 20.6 Å². The number of thiophene rings is 1. The summed E-state index contributed by atoms with van der Waals surface area (Å²) in [5, 5.41) is 13.6. The highest BCUT2D eigenvalue weighted by Gasteiger charge is 2.17. The van der Waals surface area contributed by atoms with Gasteiger partial charge in [0.25, 0.3) is 5.91 Å². The van der Waals surface area contributed by atoms with Crippen LogP contribution in [-0.4, -0.2) is 17.0 Å². The van der Waals surface area contributed by atoms with Crippen LogP contribution in [0.5, 0.6) is 0 Å². The van der Waals surface area contributed by atoms with Gasteiger partial charge in [0.1, 0.15) is 4.88 Å². The van der Waals surface area contributed by atoms with Crippen molar-refractivity contribution in [2.24, 2.45) is 0 Å². The van der Waals surface area contributed by atoms with E-state index in [1.165, 1.54) is 11.3 Å². The van der Waals surface area contributed by atoms with Gasteiger partial charge in [-0.25, -0.2) is 4.79 Å². The topological polar surface area (TPSA) is 66.4 Å². The molecule has 0 aliphatic heterocycles. The van der Waals surface area contributed by atoms with Gasteiger partial charge >= 0.3 is 5.97 Å². The molecule has 2 aromatic rings. The Morgan fingerprint density at radius 2 is 2.05 bits per heavy atom. The van der Waals surface area contributed by atoms with Crippen molar-refractivity contribution >= 4 is 44.8 Å². The van der Waals surface area contributed by atoms with Crippen LogP contribution in [0.25, 0.3) is 0 Å². The van der Waals surface area contributed by atoms with Gasteiger partial charge in [0.2, 0.25) is 0 Å². The lowest BCUT2D eigenvalue weighted by atomic mass is 10.1. The third kappa shape index (κ3) is 2.85. The van der Waals surface area contributed by atoms with Crippen LogP contribution < -0.4 is 5.32 Å². The van der Waals surface area contributed by atoms with E-state index in [4.69, 9.17) is 0 Å². The Bertz CT molecular complexity index is 651. The number of benzene rings is 1. The molecule has 1 aromatic carbocycles. The Morgan fingerprint density at radius 1 is 1.32 bits per heavy atom. The molecule has 0 aliphatic carbocycles.